The average molecular weight is 240 g/mol. The molecule has 3 nitrogen and oxygen atoms in total. The number of aliphatic hydroxyl groups is 1. The van der Waals surface area contributed by atoms with Crippen LogP contribution in [0.25, 0.3) is 0 Å². The van der Waals surface area contributed by atoms with Crippen molar-refractivity contribution >= 4 is 23.2 Å². The highest BCUT2D eigenvalue weighted by Crippen LogP contribution is 2.31. The van der Waals surface area contributed by atoms with Crippen LogP contribution in [0.15, 0.2) is 18.2 Å². The molecule has 0 fully saturated rings. The minimum Gasteiger partial charge on any atom is -0.396 e. The number of carbonyl (C=O) groups excluding carboxylic acids is 1. The van der Waals surface area contributed by atoms with Crippen LogP contribution in [0.1, 0.15) is 12.5 Å². The molecule has 2 rings (SSSR count). The Hall–Kier alpha value is -1.06. The van der Waals surface area contributed by atoms with Gasteiger partial charge in [-0.15, -0.1) is 0 Å². The van der Waals surface area contributed by atoms with Gasteiger partial charge in [0.2, 0.25) is 5.91 Å². The van der Waals surface area contributed by atoms with E-state index in [4.69, 9.17) is 16.7 Å². The van der Waals surface area contributed by atoms with Crippen LogP contribution in [0.2, 0.25) is 5.02 Å². The third kappa shape index (κ3) is 2.06. The van der Waals surface area contributed by atoms with Crippen molar-refractivity contribution in [2.24, 2.45) is 5.92 Å². The van der Waals surface area contributed by atoms with Crippen LogP contribution in [0, 0.1) is 5.92 Å². The van der Waals surface area contributed by atoms with Crippen molar-refractivity contribution in [3.05, 3.63) is 28.8 Å². The number of anilines is 1. The van der Waals surface area contributed by atoms with Gasteiger partial charge >= 0.3 is 0 Å². The third-order valence-electron chi connectivity index (χ3n) is 2.79. The molecular weight excluding hydrogens is 226 g/mol. The molecule has 1 heterocycles. The first-order valence-corrected chi connectivity index (χ1v) is 5.69. The molecule has 1 aromatic carbocycles. The predicted molar refractivity (Wildman–Crippen MR) is 63.8 cm³/mol. The van der Waals surface area contributed by atoms with E-state index in [9.17, 15) is 4.79 Å². The number of benzene rings is 1. The number of nitrogens with zero attached hydrogens (tertiary/aromatic N) is 1. The van der Waals surface area contributed by atoms with E-state index in [0.717, 1.165) is 11.3 Å². The molecule has 0 saturated heterocycles. The van der Waals surface area contributed by atoms with E-state index in [1.165, 1.54) is 0 Å². The second-order valence-corrected chi connectivity index (χ2v) is 4.68. The van der Waals surface area contributed by atoms with Crippen LogP contribution < -0.4 is 4.90 Å². The van der Waals surface area contributed by atoms with Crippen molar-refractivity contribution in [1.29, 1.82) is 0 Å². The highest BCUT2D eigenvalue weighted by atomic mass is 35.5. The quantitative estimate of drug-likeness (QED) is 0.875. The molecular formula is C12H14ClNO2. The fourth-order valence-corrected chi connectivity index (χ4v) is 2.07. The van der Waals surface area contributed by atoms with Gasteiger partial charge in [-0.05, 0) is 23.6 Å². The molecule has 1 N–H and O–H groups in total. The maximum absolute atomic E-state index is 11.8. The van der Waals surface area contributed by atoms with Gasteiger partial charge in [-0.1, -0.05) is 24.6 Å². The summed E-state index contributed by atoms with van der Waals surface area (Å²) in [6.07, 6.45) is 0.435. The molecule has 1 aromatic rings. The SMILES string of the molecule is CC(CO)CN1C(=O)Cc2ccc(Cl)cc21. The summed E-state index contributed by atoms with van der Waals surface area (Å²) in [6, 6.07) is 5.50. The predicted octanol–water partition coefficient (Wildman–Crippen LogP) is 1.86. The van der Waals surface area contributed by atoms with E-state index in [0.29, 0.717) is 18.0 Å². The van der Waals surface area contributed by atoms with Crippen molar-refractivity contribution in [3.63, 3.8) is 0 Å². The summed E-state index contributed by atoms with van der Waals surface area (Å²) in [4.78, 5) is 13.5. The lowest BCUT2D eigenvalue weighted by atomic mass is 10.1. The number of rotatable bonds is 3. The summed E-state index contributed by atoms with van der Waals surface area (Å²) < 4.78 is 0. The van der Waals surface area contributed by atoms with Gasteiger partial charge in [-0.2, -0.15) is 0 Å². The largest absolute Gasteiger partial charge is 0.396 e. The van der Waals surface area contributed by atoms with Crippen molar-refractivity contribution < 1.29 is 9.90 Å². The van der Waals surface area contributed by atoms with E-state index in [1.807, 2.05) is 19.1 Å². The van der Waals surface area contributed by atoms with Gasteiger partial charge < -0.3 is 10.0 Å². The summed E-state index contributed by atoms with van der Waals surface area (Å²) >= 11 is 5.92. The molecule has 0 bridgehead atoms. The number of fused-ring (bicyclic) bond motifs is 1. The van der Waals surface area contributed by atoms with Crippen LogP contribution in [0.3, 0.4) is 0 Å². The van der Waals surface area contributed by atoms with E-state index < -0.39 is 0 Å². The molecule has 1 unspecified atom stereocenters. The highest BCUT2D eigenvalue weighted by Gasteiger charge is 2.28. The molecule has 0 aliphatic carbocycles. The molecule has 0 aromatic heterocycles. The number of amides is 1. The zero-order valence-electron chi connectivity index (χ0n) is 9.11. The topological polar surface area (TPSA) is 40.5 Å². The Kier molecular flexibility index (Phi) is 3.17. The fourth-order valence-electron chi connectivity index (χ4n) is 1.90. The Labute approximate surface area is 99.6 Å². The first-order chi connectivity index (χ1) is 7.61. The molecule has 16 heavy (non-hydrogen) atoms. The lowest BCUT2D eigenvalue weighted by molar-refractivity contribution is -0.117. The van der Waals surface area contributed by atoms with Gasteiger partial charge in [0.25, 0.3) is 0 Å². The Bertz CT molecular complexity index is 419. The van der Waals surface area contributed by atoms with Crippen molar-refractivity contribution in [1.82, 2.24) is 0 Å². The molecule has 1 aliphatic rings. The van der Waals surface area contributed by atoms with E-state index in [1.54, 1.807) is 11.0 Å². The maximum atomic E-state index is 11.8. The lowest BCUT2D eigenvalue weighted by Crippen LogP contribution is -2.32. The summed E-state index contributed by atoms with van der Waals surface area (Å²) in [7, 11) is 0. The zero-order chi connectivity index (χ0) is 11.7. The summed E-state index contributed by atoms with van der Waals surface area (Å²) in [5.41, 5.74) is 1.90. The highest BCUT2D eigenvalue weighted by molar-refractivity contribution is 6.31. The first kappa shape index (κ1) is 11.4. The first-order valence-electron chi connectivity index (χ1n) is 5.31. The van der Waals surface area contributed by atoms with Gasteiger partial charge in [0.15, 0.2) is 0 Å². The summed E-state index contributed by atoms with van der Waals surface area (Å²) in [5, 5.41) is 9.65. The van der Waals surface area contributed by atoms with E-state index in [-0.39, 0.29) is 18.4 Å². The monoisotopic (exact) mass is 239 g/mol. The molecule has 0 saturated carbocycles. The molecule has 4 heteroatoms. The van der Waals surface area contributed by atoms with Crippen LogP contribution in [-0.2, 0) is 11.2 Å². The van der Waals surface area contributed by atoms with E-state index in [2.05, 4.69) is 0 Å². The number of halogens is 1. The minimum atomic E-state index is 0.0777. The molecule has 0 spiro atoms. The van der Waals surface area contributed by atoms with Crippen LogP contribution in [0.4, 0.5) is 5.69 Å². The van der Waals surface area contributed by atoms with Gasteiger partial charge in [0.05, 0.1) is 6.42 Å². The number of aliphatic hydroxyl groups excluding tert-OH is 1. The number of carbonyl (C=O) groups is 1. The standard InChI is InChI=1S/C12H14ClNO2/c1-8(7-15)6-14-11-5-10(13)3-2-9(11)4-12(14)16/h2-3,5,8,15H,4,6-7H2,1H3. The molecule has 0 radical (unpaired) electrons. The minimum absolute atomic E-state index is 0.0777. The summed E-state index contributed by atoms with van der Waals surface area (Å²) in [6.45, 7) is 2.54. The van der Waals surface area contributed by atoms with Gasteiger partial charge in [0, 0.05) is 23.9 Å². The normalized spacial score (nSPS) is 16.4. The second kappa shape index (κ2) is 4.44. The number of hydrogen-bond donors (Lipinski definition) is 1. The zero-order valence-corrected chi connectivity index (χ0v) is 9.87. The van der Waals surface area contributed by atoms with Crippen molar-refractivity contribution in [2.75, 3.05) is 18.1 Å². The van der Waals surface area contributed by atoms with Crippen molar-refractivity contribution in [3.8, 4) is 0 Å². The maximum Gasteiger partial charge on any atom is 0.231 e. The van der Waals surface area contributed by atoms with Crippen LogP contribution in [-0.4, -0.2) is 24.2 Å². The Morgan fingerprint density at radius 2 is 2.31 bits per heavy atom. The Morgan fingerprint density at radius 3 is 3.00 bits per heavy atom. The molecule has 1 atom stereocenters. The van der Waals surface area contributed by atoms with Crippen LogP contribution in [0.5, 0.6) is 0 Å². The van der Waals surface area contributed by atoms with Crippen LogP contribution >= 0.6 is 11.6 Å². The van der Waals surface area contributed by atoms with E-state index >= 15 is 0 Å². The number of hydrogen-bond acceptors (Lipinski definition) is 2. The molecule has 1 aliphatic heterocycles. The lowest BCUT2D eigenvalue weighted by Gasteiger charge is -2.20. The Balaban J connectivity index is 2.28. The Morgan fingerprint density at radius 1 is 1.56 bits per heavy atom. The van der Waals surface area contributed by atoms with Gasteiger partial charge in [-0.3, -0.25) is 4.79 Å². The third-order valence-corrected chi connectivity index (χ3v) is 3.02. The summed E-state index contributed by atoms with van der Waals surface area (Å²) in [5.74, 6) is 0.159. The second-order valence-electron chi connectivity index (χ2n) is 4.24. The average Bonchev–Trinajstić information content (AvgIpc) is 2.55. The van der Waals surface area contributed by atoms with Crippen molar-refractivity contribution in [2.45, 2.75) is 13.3 Å². The van der Waals surface area contributed by atoms with Gasteiger partial charge in [0.1, 0.15) is 0 Å². The van der Waals surface area contributed by atoms with Gasteiger partial charge in [-0.25, -0.2) is 0 Å². The smallest absolute Gasteiger partial charge is 0.231 e. The molecule has 1 amide bonds. The fraction of sp³-hybridized carbons (Fsp3) is 0.417. The molecule has 86 valence electrons.